The number of fused-ring (bicyclic) bond motifs is 1. The third-order valence-electron chi connectivity index (χ3n) is 6.97. The molecule has 5 nitrogen and oxygen atoms in total. The standard InChI is InChI=1S/C23H34BrNO4/c1-14(2)6-9-19(27)22(4)21-20(29-5)18(26)10-11-23(21,28)13-25(22)16-8-7-15(3)17(24)12-16/h6-8,12,18-21,26-28H,9-11,13H2,1-5H3/t18-,19-,20-,21-,22-,23+/m1/s1. The SMILES string of the molecule is CO[C@@H]1[C@H](O)CC[C@]2(O)CN(c3ccc(C)c(Br)c3)[C@](C)([C@H](O)CC=C(C)C)[C@@H]12. The van der Waals surface area contributed by atoms with Gasteiger partial charge in [0.2, 0.25) is 0 Å². The fourth-order valence-electron chi connectivity index (χ4n) is 5.30. The zero-order valence-corrected chi connectivity index (χ0v) is 19.6. The first-order valence-corrected chi connectivity index (χ1v) is 11.1. The van der Waals surface area contributed by atoms with E-state index in [1.807, 2.05) is 52.0 Å². The topological polar surface area (TPSA) is 73.2 Å². The van der Waals surface area contributed by atoms with Crippen LogP contribution in [0.2, 0.25) is 0 Å². The van der Waals surface area contributed by atoms with Crippen LogP contribution in [0.15, 0.2) is 34.3 Å². The van der Waals surface area contributed by atoms with Gasteiger partial charge in [0, 0.05) is 29.7 Å². The Morgan fingerprint density at radius 3 is 2.69 bits per heavy atom. The highest BCUT2D eigenvalue weighted by atomic mass is 79.9. The number of anilines is 1. The molecule has 0 aromatic heterocycles. The maximum atomic E-state index is 11.7. The molecule has 1 aliphatic carbocycles. The quantitative estimate of drug-likeness (QED) is 0.577. The monoisotopic (exact) mass is 467 g/mol. The van der Waals surface area contributed by atoms with Gasteiger partial charge in [-0.1, -0.05) is 33.6 Å². The van der Waals surface area contributed by atoms with Crippen LogP contribution in [0.4, 0.5) is 5.69 Å². The number of ether oxygens (including phenoxy) is 1. The van der Waals surface area contributed by atoms with Gasteiger partial charge in [0.1, 0.15) is 0 Å². The van der Waals surface area contributed by atoms with Gasteiger partial charge in [-0.2, -0.15) is 0 Å². The molecule has 2 aliphatic rings. The Labute approximate surface area is 182 Å². The highest BCUT2D eigenvalue weighted by Crippen LogP contribution is 2.53. The van der Waals surface area contributed by atoms with E-state index in [4.69, 9.17) is 4.74 Å². The predicted octanol–water partition coefficient (Wildman–Crippen LogP) is 3.57. The summed E-state index contributed by atoms with van der Waals surface area (Å²) in [4.78, 5) is 2.12. The van der Waals surface area contributed by atoms with Gasteiger partial charge in [0.05, 0.1) is 29.5 Å². The summed E-state index contributed by atoms with van der Waals surface area (Å²) in [5, 5.41) is 33.7. The van der Waals surface area contributed by atoms with Crippen LogP contribution in [0.1, 0.15) is 45.6 Å². The van der Waals surface area contributed by atoms with Crippen LogP contribution in [0.25, 0.3) is 0 Å². The summed E-state index contributed by atoms with van der Waals surface area (Å²) >= 11 is 3.62. The first-order valence-electron chi connectivity index (χ1n) is 10.3. The van der Waals surface area contributed by atoms with Crippen molar-refractivity contribution in [3.63, 3.8) is 0 Å². The molecule has 0 bridgehead atoms. The molecule has 3 rings (SSSR count). The second-order valence-electron chi connectivity index (χ2n) is 9.17. The average molecular weight is 468 g/mol. The van der Waals surface area contributed by atoms with Gasteiger partial charge >= 0.3 is 0 Å². The number of hydrogen-bond donors (Lipinski definition) is 3. The van der Waals surface area contributed by atoms with Crippen molar-refractivity contribution in [2.75, 3.05) is 18.6 Å². The Morgan fingerprint density at radius 2 is 2.10 bits per heavy atom. The summed E-state index contributed by atoms with van der Waals surface area (Å²) in [6.07, 6.45) is 1.52. The molecule has 0 radical (unpaired) electrons. The minimum atomic E-state index is -1.04. The van der Waals surface area contributed by atoms with E-state index in [-0.39, 0.29) is 0 Å². The normalized spacial score (nSPS) is 35.3. The molecule has 1 aromatic carbocycles. The predicted molar refractivity (Wildman–Crippen MR) is 119 cm³/mol. The van der Waals surface area contributed by atoms with Gasteiger partial charge < -0.3 is 25.0 Å². The second kappa shape index (κ2) is 8.31. The molecule has 1 aromatic rings. The van der Waals surface area contributed by atoms with Crippen molar-refractivity contribution in [1.82, 2.24) is 0 Å². The molecule has 1 aliphatic heterocycles. The zero-order chi connectivity index (χ0) is 21.6. The molecular weight excluding hydrogens is 434 g/mol. The molecule has 0 amide bonds. The van der Waals surface area contributed by atoms with E-state index < -0.39 is 35.4 Å². The summed E-state index contributed by atoms with van der Waals surface area (Å²) < 4.78 is 6.70. The molecule has 1 heterocycles. The van der Waals surface area contributed by atoms with E-state index in [0.717, 1.165) is 21.3 Å². The number of hydrogen-bond acceptors (Lipinski definition) is 5. The fraction of sp³-hybridized carbons (Fsp3) is 0.652. The molecule has 3 N–H and O–H groups in total. The molecule has 1 saturated heterocycles. The van der Waals surface area contributed by atoms with E-state index in [2.05, 4.69) is 20.8 Å². The van der Waals surface area contributed by atoms with Crippen LogP contribution < -0.4 is 4.90 Å². The van der Waals surface area contributed by atoms with E-state index in [9.17, 15) is 15.3 Å². The number of aryl methyl sites for hydroxylation is 1. The third-order valence-corrected chi connectivity index (χ3v) is 7.82. The van der Waals surface area contributed by atoms with Crippen molar-refractivity contribution in [2.45, 2.75) is 76.4 Å². The van der Waals surface area contributed by atoms with Gasteiger partial charge in [-0.3, -0.25) is 0 Å². The molecule has 2 fully saturated rings. The van der Waals surface area contributed by atoms with Crippen molar-refractivity contribution in [1.29, 1.82) is 0 Å². The lowest BCUT2D eigenvalue weighted by Crippen LogP contribution is -2.63. The van der Waals surface area contributed by atoms with E-state index in [1.54, 1.807) is 7.11 Å². The van der Waals surface area contributed by atoms with Crippen LogP contribution in [0.3, 0.4) is 0 Å². The van der Waals surface area contributed by atoms with Crippen molar-refractivity contribution in [2.24, 2.45) is 5.92 Å². The lowest BCUT2D eigenvalue weighted by atomic mass is 9.65. The third kappa shape index (κ3) is 3.90. The number of benzene rings is 1. The first-order chi connectivity index (χ1) is 13.5. The summed E-state index contributed by atoms with van der Waals surface area (Å²) in [6, 6.07) is 6.11. The van der Waals surface area contributed by atoms with Gasteiger partial charge in [-0.15, -0.1) is 0 Å². The highest BCUT2D eigenvalue weighted by molar-refractivity contribution is 9.10. The highest BCUT2D eigenvalue weighted by Gasteiger charge is 2.66. The molecule has 29 heavy (non-hydrogen) atoms. The number of nitrogens with zero attached hydrogens (tertiary/aromatic N) is 1. The van der Waals surface area contributed by atoms with Gasteiger partial charge in [0.15, 0.2) is 0 Å². The van der Waals surface area contributed by atoms with E-state index in [0.29, 0.717) is 25.8 Å². The van der Waals surface area contributed by atoms with Crippen LogP contribution in [0, 0.1) is 12.8 Å². The number of aliphatic hydroxyl groups excluding tert-OH is 2. The van der Waals surface area contributed by atoms with Gasteiger partial charge in [-0.05, 0) is 64.7 Å². The Bertz CT molecular complexity index is 780. The van der Waals surface area contributed by atoms with Crippen LogP contribution >= 0.6 is 15.9 Å². The number of β-amino-alcohol motifs (C(OH)–C–C–N with tert-alkyl or cyclic N) is 1. The fourth-order valence-corrected chi connectivity index (χ4v) is 5.66. The van der Waals surface area contributed by atoms with Gasteiger partial charge in [-0.25, -0.2) is 0 Å². The Kier molecular flexibility index (Phi) is 6.52. The lowest BCUT2D eigenvalue weighted by molar-refractivity contribution is -0.164. The molecule has 6 heteroatoms. The smallest absolute Gasteiger partial charge is 0.0909 e. The number of methoxy groups -OCH3 is 1. The van der Waals surface area contributed by atoms with Crippen molar-refractivity contribution in [3.05, 3.63) is 39.9 Å². The summed E-state index contributed by atoms with van der Waals surface area (Å²) in [7, 11) is 1.58. The molecule has 1 saturated carbocycles. The van der Waals surface area contributed by atoms with Crippen LogP contribution in [-0.2, 0) is 4.74 Å². The minimum absolute atomic E-state index is 0.391. The minimum Gasteiger partial charge on any atom is -0.390 e. The van der Waals surface area contributed by atoms with Gasteiger partial charge in [0.25, 0.3) is 0 Å². The first kappa shape index (κ1) is 22.8. The average Bonchev–Trinajstić information content (AvgIpc) is 2.91. The van der Waals surface area contributed by atoms with Crippen molar-refractivity contribution >= 4 is 21.6 Å². The number of halogens is 1. The maximum absolute atomic E-state index is 11.7. The molecular formula is C23H34BrNO4. The molecule has 6 atom stereocenters. The second-order valence-corrected chi connectivity index (χ2v) is 10.0. The van der Waals surface area contributed by atoms with Crippen molar-refractivity contribution in [3.8, 4) is 0 Å². The molecule has 0 spiro atoms. The summed E-state index contributed by atoms with van der Waals surface area (Å²) in [6.45, 7) is 8.44. The van der Waals surface area contributed by atoms with E-state index >= 15 is 0 Å². The zero-order valence-electron chi connectivity index (χ0n) is 18.0. The Balaban J connectivity index is 2.13. The summed E-state index contributed by atoms with van der Waals surface area (Å²) in [5.41, 5.74) is 1.35. The number of rotatable bonds is 5. The number of allylic oxidation sites excluding steroid dienone is 1. The molecule has 0 unspecified atom stereocenters. The number of aliphatic hydroxyl groups is 3. The Morgan fingerprint density at radius 1 is 1.41 bits per heavy atom. The Hall–Kier alpha value is -0.920. The largest absolute Gasteiger partial charge is 0.390 e. The van der Waals surface area contributed by atoms with Crippen molar-refractivity contribution < 1.29 is 20.1 Å². The van der Waals surface area contributed by atoms with Crippen LogP contribution in [-0.4, -0.2) is 58.4 Å². The van der Waals surface area contributed by atoms with E-state index in [1.165, 1.54) is 0 Å². The van der Waals surface area contributed by atoms with Crippen LogP contribution in [0.5, 0.6) is 0 Å². The lowest BCUT2D eigenvalue weighted by Gasteiger charge is -2.50. The summed E-state index contributed by atoms with van der Waals surface area (Å²) in [5.74, 6) is -0.426. The maximum Gasteiger partial charge on any atom is 0.0909 e. The molecule has 162 valence electrons.